The van der Waals surface area contributed by atoms with Crippen molar-refractivity contribution in [2.24, 2.45) is 0 Å². The van der Waals surface area contributed by atoms with Gasteiger partial charge in [0.05, 0.1) is 0 Å². The first-order chi connectivity index (χ1) is 11.2. The maximum atomic E-state index is 13.0. The topological polar surface area (TPSA) is 32.3 Å². The lowest BCUT2D eigenvalue weighted by Crippen LogP contribution is -2.42. The van der Waals surface area contributed by atoms with E-state index in [-0.39, 0.29) is 11.4 Å². The first-order valence-corrected chi connectivity index (χ1v) is 9.58. The Morgan fingerprint density at radius 1 is 1.13 bits per heavy atom. The van der Waals surface area contributed by atoms with E-state index in [0.29, 0.717) is 0 Å². The standard InChI is InChI=1S/C18H19BrN2OS/c19-15-8-6-7-14(13-15)17(22)21-11-4-5-12-23-18(21)20-16-9-2-1-3-10-16/h1-3,6-10,13,18,20H,4-5,11-12H2. The zero-order valence-corrected chi connectivity index (χ0v) is 15.1. The molecule has 1 N–H and O–H groups in total. The highest BCUT2D eigenvalue weighted by Crippen LogP contribution is 2.26. The quantitative estimate of drug-likeness (QED) is 0.815. The molecular weight excluding hydrogens is 372 g/mol. The summed E-state index contributed by atoms with van der Waals surface area (Å²) in [5, 5.41) is 3.49. The van der Waals surface area contributed by atoms with Crippen LogP contribution in [-0.4, -0.2) is 28.6 Å². The number of amides is 1. The van der Waals surface area contributed by atoms with E-state index in [1.54, 1.807) is 11.8 Å². The number of anilines is 1. The van der Waals surface area contributed by atoms with Crippen LogP contribution in [0.1, 0.15) is 23.2 Å². The van der Waals surface area contributed by atoms with Gasteiger partial charge in [0.25, 0.3) is 5.91 Å². The molecule has 2 aromatic carbocycles. The number of hydrogen-bond acceptors (Lipinski definition) is 3. The summed E-state index contributed by atoms with van der Waals surface area (Å²) in [7, 11) is 0. The maximum absolute atomic E-state index is 13.0. The maximum Gasteiger partial charge on any atom is 0.256 e. The smallest absolute Gasteiger partial charge is 0.256 e. The number of benzene rings is 2. The fourth-order valence-corrected chi connectivity index (χ4v) is 4.17. The van der Waals surface area contributed by atoms with Gasteiger partial charge in [0.2, 0.25) is 0 Å². The van der Waals surface area contributed by atoms with E-state index < -0.39 is 0 Å². The minimum atomic E-state index is -0.0358. The van der Waals surface area contributed by atoms with E-state index in [1.807, 2.05) is 59.5 Å². The summed E-state index contributed by atoms with van der Waals surface area (Å²) in [6, 6.07) is 17.7. The summed E-state index contributed by atoms with van der Waals surface area (Å²) >= 11 is 5.24. The molecule has 1 fully saturated rings. The molecule has 0 spiro atoms. The molecule has 5 heteroatoms. The van der Waals surface area contributed by atoms with Crippen LogP contribution in [0.25, 0.3) is 0 Å². The highest BCUT2D eigenvalue weighted by atomic mass is 79.9. The van der Waals surface area contributed by atoms with E-state index in [0.717, 1.165) is 40.9 Å². The Morgan fingerprint density at radius 2 is 1.96 bits per heavy atom. The van der Waals surface area contributed by atoms with Crippen LogP contribution in [0, 0.1) is 0 Å². The number of nitrogens with zero attached hydrogens (tertiary/aromatic N) is 1. The molecule has 1 aliphatic heterocycles. The Labute approximate surface area is 149 Å². The van der Waals surface area contributed by atoms with Crippen LogP contribution in [0.3, 0.4) is 0 Å². The number of rotatable bonds is 3. The third kappa shape index (κ3) is 4.30. The molecule has 3 nitrogen and oxygen atoms in total. The average molecular weight is 391 g/mol. The normalized spacial score (nSPS) is 18.3. The van der Waals surface area contributed by atoms with Gasteiger partial charge in [-0.2, -0.15) is 0 Å². The number of hydrogen-bond donors (Lipinski definition) is 1. The van der Waals surface area contributed by atoms with Crippen molar-refractivity contribution in [2.75, 3.05) is 17.6 Å². The lowest BCUT2D eigenvalue weighted by atomic mass is 10.2. The van der Waals surface area contributed by atoms with Gasteiger partial charge in [-0.15, -0.1) is 11.8 Å². The predicted molar refractivity (Wildman–Crippen MR) is 101 cm³/mol. The largest absolute Gasteiger partial charge is 0.357 e. The van der Waals surface area contributed by atoms with Gasteiger partial charge < -0.3 is 10.2 Å². The van der Waals surface area contributed by atoms with Gasteiger partial charge >= 0.3 is 0 Å². The molecule has 120 valence electrons. The number of thioether (sulfide) groups is 1. The van der Waals surface area contributed by atoms with Crippen LogP contribution in [0.15, 0.2) is 59.1 Å². The second-order valence-corrected chi connectivity index (χ2v) is 7.55. The first kappa shape index (κ1) is 16.4. The molecule has 0 saturated carbocycles. The van der Waals surface area contributed by atoms with Crippen molar-refractivity contribution in [1.82, 2.24) is 4.90 Å². The van der Waals surface area contributed by atoms with Crippen LogP contribution < -0.4 is 5.32 Å². The van der Waals surface area contributed by atoms with Crippen molar-refractivity contribution in [2.45, 2.75) is 18.3 Å². The molecule has 1 saturated heterocycles. The molecule has 1 aliphatic rings. The Hall–Kier alpha value is -1.46. The first-order valence-electron chi connectivity index (χ1n) is 7.74. The summed E-state index contributed by atoms with van der Waals surface area (Å²) in [6.45, 7) is 0.781. The second-order valence-electron chi connectivity index (χ2n) is 5.45. The molecule has 0 radical (unpaired) electrons. The van der Waals surface area contributed by atoms with Crippen LogP contribution >= 0.6 is 27.7 Å². The van der Waals surface area contributed by atoms with Crippen molar-refractivity contribution >= 4 is 39.3 Å². The number of carbonyl (C=O) groups is 1. The van der Waals surface area contributed by atoms with Gasteiger partial charge in [0.15, 0.2) is 5.50 Å². The molecule has 2 aromatic rings. The molecule has 1 amide bonds. The lowest BCUT2D eigenvalue weighted by molar-refractivity contribution is 0.0751. The fraction of sp³-hybridized carbons (Fsp3) is 0.278. The Balaban J connectivity index is 1.82. The summed E-state index contributed by atoms with van der Waals surface area (Å²) in [6.07, 6.45) is 2.18. The average Bonchev–Trinajstić information content (AvgIpc) is 2.81. The number of halogens is 1. The molecule has 1 atom stereocenters. The summed E-state index contributed by atoms with van der Waals surface area (Å²) in [5.74, 6) is 1.14. The van der Waals surface area contributed by atoms with Crippen LogP contribution in [0.5, 0.6) is 0 Å². The fourth-order valence-electron chi connectivity index (χ4n) is 2.58. The van der Waals surface area contributed by atoms with E-state index in [2.05, 4.69) is 21.2 Å². The SMILES string of the molecule is O=C(c1cccc(Br)c1)N1CCCCSC1Nc1ccccc1. The number of para-hydroxylation sites is 1. The minimum Gasteiger partial charge on any atom is -0.357 e. The summed E-state index contributed by atoms with van der Waals surface area (Å²) in [5.41, 5.74) is 1.73. The Morgan fingerprint density at radius 3 is 2.74 bits per heavy atom. The molecule has 23 heavy (non-hydrogen) atoms. The molecule has 0 bridgehead atoms. The van der Waals surface area contributed by atoms with Gasteiger partial charge in [-0.1, -0.05) is 40.2 Å². The van der Waals surface area contributed by atoms with Gasteiger partial charge in [0.1, 0.15) is 0 Å². The molecule has 0 aromatic heterocycles. The van der Waals surface area contributed by atoms with E-state index in [4.69, 9.17) is 0 Å². The van der Waals surface area contributed by atoms with Crippen LogP contribution in [0.4, 0.5) is 5.69 Å². The highest BCUT2D eigenvalue weighted by Gasteiger charge is 2.26. The van der Waals surface area contributed by atoms with E-state index >= 15 is 0 Å². The molecular formula is C18H19BrN2OS. The van der Waals surface area contributed by atoms with Crippen molar-refractivity contribution in [3.63, 3.8) is 0 Å². The third-order valence-corrected chi connectivity index (χ3v) is 5.45. The van der Waals surface area contributed by atoms with Crippen LogP contribution in [-0.2, 0) is 0 Å². The van der Waals surface area contributed by atoms with Crippen molar-refractivity contribution in [3.05, 3.63) is 64.6 Å². The van der Waals surface area contributed by atoms with E-state index in [1.165, 1.54) is 0 Å². The molecule has 1 unspecified atom stereocenters. The van der Waals surface area contributed by atoms with Crippen molar-refractivity contribution < 1.29 is 4.79 Å². The third-order valence-electron chi connectivity index (χ3n) is 3.75. The zero-order chi connectivity index (χ0) is 16.1. The molecule has 3 rings (SSSR count). The zero-order valence-electron chi connectivity index (χ0n) is 12.7. The molecule has 0 aliphatic carbocycles. The predicted octanol–water partition coefficient (Wildman–Crippen LogP) is 4.81. The Bertz CT molecular complexity index is 665. The number of nitrogens with one attached hydrogen (secondary N) is 1. The van der Waals surface area contributed by atoms with Gasteiger partial charge in [0, 0.05) is 22.3 Å². The number of carbonyl (C=O) groups excluding carboxylic acids is 1. The molecule has 1 heterocycles. The van der Waals surface area contributed by atoms with Gasteiger partial charge in [-0.3, -0.25) is 4.79 Å². The van der Waals surface area contributed by atoms with Crippen molar-refractivity contribution in [1.29, 1.82) is 0 Å². The van der Waals surface area contributed by atoms with Gasteiger partial charge in [-0.05, 0) is 48.9 Å². The van der Waals surface area contributed by atoms with Crippen LogP contribution in [0.2, 0.25) is 0 Å². The monoisotopic (exact) mass is 390 g/mol. The highest BCUT2D eigenvalue weighted by molar-refractivity contribution is 9.10. The Kier molecular flexibility index (Phi) is 5.62. The van der Waals surface area contributed by atoms with Gasteiger partial charge in [-0.25, -0.2) is 0 Å². The minimum absolute atomic E-state index is 0.0358. The second kappa shape index (κ2) is 7.88. The lowest BCUT2D eigenvalue weighted by Gasteiger charge is -2.31. The summed E-state index contributed by atoms with van der Waals surface area (Å²) in [4.78, 5) is 14.9. The van der Waals surface area contributed by atoms with E-state index in [9.17, 15) is 4.79 Å². The van der Waals surface area contributed by atoms with Crippen molar-refractivity contribution in [3.8, 4) is 0 Å². The summed E-state index contributed by atoms with van der Waals surface area (Å²) < 4.78 is 0.929.